The van der Waals surface area contributed by atoms with Gasteiger partial charge in [-0.3, -0.25) is 0 Å². The SMILES string of the molecule is CN1CCC(CN(C)Cc2ncncc2C(=O)O)C1. The molecule has 0 radical (unpaired) electrons. The first-order valence-corrected chi connectivity index (χ1v) is 6.45. The minimum absolute atomic E-state index is 0.192. The molecule has 19 heavy (non-hydrogen) atoms. The zero-order valence-corrected chi connectivity index (χ0v) is 11.4. The van der Waals surface area contributed by atoms with Crippen LogP contribution in [0.5, 0.6) is 0 Å². The Hall–Kier alpha value is -1.53. The van der Waals surface area contributed by atoms with Gasteiger partial charge in [-0.05, 0) is 33.0 Å². The molecule has 2 heterocycles. The molecule has 1 atom stereocenters. The van der Waals surface area contributed by atoms with Crippen molar-refractivity contribution in [3.05, 3.63) is 23.8 Å². The number of aromatic carboxylic acids is 1. The summed E-state index contributed by atoms with van der Waals surface area (Å²) in [5.74, 6) is -0.310. The Kier molecular flexibility index (Phi) is 4.44. The molecule has 1 aliphatic heterocycles. The fourth-order valence-corrected chi connectivity index (χ4v) is 2.60. The summed E-state index contributed by atoms with van der Waals surface area (Å²) in [4.78, 5) is 23.4. The van der Waals surface area contributed by atoms with Gasteiger partial charge in [0.2, 0.25) is 0 Å². The standard InChI is InChI=1S/C13H20N4O2/c1-16-4-3-10(6-16)7-17(2)8-12-11(13(18)19)5-14-9-15-12/h5,9-10H,3-4,6-8H2,1-2H3,(H,18,19). The lowest BCUT2D eigenvalue weighted by Gasteiger charge is -2.21. The van der Waals surface area contributed by atoms with E-state index in [1.54, 1.807) is 0 Å². The number of carboxylic acid groups (broad SMARTS) is 1. The van der Waals surface area contributed by atoms with Gasteiger partial charge in [-0.25, -0.2) is 14.8 Å². The van der Waals surface area contributed by atoms with Crippen LogP contribution >= 0.6 is 0 Å². The molecule has 1 saturated heterocycles. The highest BCUT2D eigenvalue weighted by Gasteiger charge is 2.21. The van der Waals surface area contributed by atoms with Crippen LogP contribution in [0.25, 0.3) is 0 Å². The Bertz CT molecular complexity index is 452. The zero-order valence-electron chi connectivity index (χ0n) is 11.4. The highest BCUT2D eigenvalue weighted by atomic mass is 16.4. The fourth-order valence-electron chi connectivity index (χ4n) is 2.60. The van der Waals surface area contributed by atoms with E-state index in [0.29, 0.717) is 18.2 Å². The van der Waals surface area contributed by atoms with Crippen LogP contribution in [-0.2, 0) is 6.54 Å². The molecule has 104 valence electrons. The second kappa shape index (κ2) is 6.08. The average molecular weight is 264 g/mol. The van der Waals surface area contributed by atoms with Crippen molar-refractivity contribution in [2.75, 3.05) is 33.7 Å². The molecule has 1 N–H and O–H groups in total. The summed E-state index contributed by atoms with van der Waals surface area (Å²) >= 11 is 0. The molecule has 6 heteroatoms. The Morgan fingerprint density at radius 1 is 1.63 bits per heavy atom. The van der Waals surface area contributed by atoms with Crippen molar-refractivity contribution < 1.29 is 9.90 Å². The van der Waals surface area contributed by atoms with Crippen molar-refractivity contribution in [2.45, 2.75) is 13.0 Å². The van der Waals surface area contributed by atoms with E-state index in [1.165, 1.54) is 18.9 Å². The lowest BCUT2D eigenvalue weighted by Crippen LogP contribution is -2.28. The molecule has 1 aromatic rings. The van der Waals surface area contributed by atoms with Crippen LogP contribution in [0.15, 0.2) is 12.5 Å². The van der Waals surface area contributed by atoms with E-state index in [1.807, 2.05) is 7.05 Å². The van der Waals surface area contributed by atoms with Gasteiger partial charge < -0.3 is 14.9 Å². The van der Waals surface area contributed by atoms with Crippen LogP contribution in [-0.4, -0.2) is 64.6 Å². The Morgan fingerprint density at radius 2 is 2.42 bits per heavy atom. The van der Waals surface area contributed by atoms with Gasteiger partial charge in [-0.15, -0.1) is 0 Å². The smallest absolute Gasteiger partial charge is 0.339 e. The summed E-state index contributed by atoms with van der Waals surface area (Å²) in [6, 6.07) is 0. The first kappa shape index (κ1) is 13.9. The van der Waals surface area contributed by atoms with E-state index >= 15 is 0 Å². The second-order valence-electron chi connectivity index (χ2n) is 5.30. The molecule has 2 rings (SSSR count). The van der Waals surface area contributed by atoms with E-state index in [2.05, 4.69) is 26.8 Å². The normalized spacial score (nSPS) is 20.1. The molecule has 0 aromatic carbocycles. The summed E-state index contributed by atoms with van der Waals surface area (Å²) in [7, 11) is 4.14. The maximum absolute atomic E-state index is 11.1. The molecule has 1 unspecified atom stereocenters. The molecule has 0 amide bonds. The first-order valence-electron chi connectivity index (χ1n) is 6.45. The van der Waals surface area contributed by atoms with Crippen molar-refractivity contribution in [1.82, 2.24) is 19.8 Å². The number of hydrogen-bond donors (Lipinski definition) is 1. The Labute approximate surface area is 113 Å². The largest absolute Gasteiger partial charge is 0.478 e. The molecule has 1 aliphatic rings. The summed E-state index contributed by atoms with van der Waals surface area (Å²) in [6.07, 6.45) is 3.97. The third-order valence-electron chi connectivity index (χ3n) is 3.50. The molecule has 0 bridgehead atoms. The highest BCUT2D eigenvalue weighted by molar-refractivity contribution is 5.88. The van der Waals surface area contributed by atoms with Gasteiger partial charge in [0.15, 0.2) is 0 Å². The quantitative estimate of drug-likeness (QED) is 0.838. The summed E-state index contributed by atoms with van der Waals surface area (Å²) in [5.41, 5.74) is 0.772. The Morgan fingerprint density at radius 3 is 3.05 bits per heavy atom. The van der Waals surface area contributed by atoms with Gasteiger partial charge in [0.25, 0.3) is 0 Å². The zero-order chi connectivity index (χ0) is 13.8. The van der Waals surface area contributed by atoms with E-state index in [0.717, 1.165) is 19.6 Å². The third kappa shape index (κ3) is 3.71. The van der Waals surface area contributed by atoms with Gasteiger partial charge in [0.1, 0.15) is 11.9 Å². The Balaban J connectivity index is 1.95. The third-order valence-corrected chi connectivity index (χ3v) is 3.50. The van der Waals surface area contributed by atoms with Gasteiger partial charge in [0.05, 0.1) is 5.69 Å². The van der Waals surface area contributed by atoms with Crippen LogP contribution in [0.2, 0.25) is 0 Å². The number of aromatic nitrogens is 2. The van der Waals surface area contributed by atoms with E-state index in [-0.39, 0.29) is 5.56 Å². The monoisotopic (exact) mass is 264 g/mol. The maximum Gasteiger partial charge on any atom is 0.339 e. The first-order chi connectivity index (χ1) is 9.06. The molecular weight excluding hydrogens is 244 g/mol. The molecule has 6 nitrogen and oxygen atoms in total. The average Bonchev–Trinajstić information content (AvgIpc) is 2.75. The van der Waals surface area contributed by atoms with Gasteiger partial charge in [-0.2, -0.15) is 0 Å². The van der Waals surface area contributed by atoms with Crippen molar-refractivity contribution in [1.29, 1.82) is 0 Å². The molecule has 0 spiro atoms. The maximum atomic E-state index is 11.1. The van der Waals surface area contributed by atoms with Gasteiger partial charge in [-0.1, -0.05) is 0 Å². The number of carbonyl (C=O) groups is 1. The minimum Gasteiger partial charge on any atom is -0.478 e. The summed E-state index contributed by atoms with van der Waals surface area (Å²) in [5, 5.41) is 9.09. The predicted molar refractivity (Wildman–Crippen MR) is 70.9 cm³/mol. The minimum atomic E-state index is -0.968. The summed E-state index contributed by atoms with van der Waals surface area (Å²) in [6.45, 7) is 3.77. The molecule has 1 fully saturated rings. The van der Waals surface area contributed by atoms with Crippen molar-refractivity contribution in [3.8, 4) is 0 Å². The topological polar surface area (TPSA) is 69.6 Å². The lowest BCUT2D eigenvalue weighted by molar-refractivity contribution is 0.0693. The van der Waals surface area contributed by atoms with E-state index in [9.17, 15) is 4.79 Å². The molecule has 0 aliphatic carbocycles. The number of hydrogen-bond acceptors (Lipinski definition) is 5. The van der Waals surface area contributed by atoms with Crippen molar-refractivity contribution in [3.63, 3.8) is 0 Å². The van der Waals surface area contributed by atoms with Crippen LogP contribution in [0, 0.1) is 5.92 Å². The van der Waals surface area contributed by atoms with E-state index < -0.39 is 5.97 Å². The van der Waals surface area contributed by atoms with Crippen LogP contribution < -0.4 is 0 Å². The molecule has 0 saturated carbocycles. The summed E-state index contributed by atoms with van der Waals surface area (Å²) < 4.78 is 0. The molecule has 1 aromatic heterocycles. The van der Waals surface area contributed by atoms with E-state index in [4.69, 9.17) is 5.11 Å². The van der Waals surface area contributed by atoms with Crippen molar-refractivity contribution in [2.24, 2.45) is 5.92 Å². The van der Waals surface area contributed by atoms with Crippen molar-refractivity contribution >= 4 is 5.97 Å². The fraction of sp³-hybridized carbons (Fsp3) is 0.615. The molecular formula is C13H20N4O2. The number of likely N-dealkylation sites (tertiary alicyclic amines) is 1. The number of carboxylic acids is 1. The van der Waals surface area contributed by atoms with Crippen LogP contribution in [0.3, 0.4) is 0 Å². The second-order valence-corrected chi connectivity index (χ2v) is 5.30. The number of rotatable bonds is 5. The van der Waals surface area contributed by atoms with Gasteiger partial charge >= 0.3 is 5.97 Å². The number of nitrogens with zero attached hydrogens (tertiary/aromatic N) is 4. The highest BCUT2D eigenvalue weighted by Crippen LogP contribution is 2.16. The van der Waals surface area contributed by atoms with Gasteiger partial charge in [0, 0.05) is 25.8 Å². The van der Waals surface area contributed by atoms with Crippen LogP contribution in [0.4, 0.5) is 0 Å². The van der Waals surface area contributed by atoms with Crippen LogP contribution in [0.1, 0.15) is 22.5 Å². The predicted octanol–water partition coefficient (Wildman–Crippen LogP) is 0.558. The lowest BCUT2D eigenvalue weighted by atomic mass is 10.1.